The molecule has 0 spiro atoms. The van der Waals surface area contributed by atoms with Crippen LogP contribution in [0, 0.1) is 11.8 Å². The van der Waals surface area contributed by atoms with Gasteiger partial charge in [-0.05, 0) is 37.5 Å². The molecule has 3 rings (SSSR count). The van der Waals surface area contributed by atoms with Crippen molar-refractivity contribution >= 4 is 17.5 Å². The molecule has 1 amide bonds. The molecule has 0 aliphatic heterocycles. The number of carbonyl (C=O) groups is 1. The minimum Gasteiger partial charge on any atom is -0.347 e. The van der Waals surface area contributed by atoms with Crippen molar-refractivity contribution < 1.29 is 4.79 Å². The summed E-state index contributed by atoms with van der Waals surface area (Å²) in [5.41, 5.74) is 0.348. The van der Waals surface area contributed by atoms with E-state index >= 15 is 0 Å². The summed E-state index contributed by atoms with van der Waals surface area (Å²) in [6.07, 6.45) is 7.80. The van der Waals surface area contributed by atoms with E-state index in [1.807, 2.05) is 0 Å². The zero-order chi connectivity index (χ0) is 11.8. The Morgan fingerprint density at radius 1 is 1.24 bits per heavy atom. The Bertz CT molecular complexity index is 414. The van der Waals surface area contributed by atoms with Crippen molar-refractivity contribution in [3.8, 4) is 0 Å². The fourth-order valence-electron chi connectivity index (χ4n) is 2.19. The number of halogens is 1. The quantitative estimate of drug-likeness (QED) is 0.891. The van der Waals surface area contributed by atoms with Crippen LogP contribution in [0.5, 0.6) is 0 Å². The molecule has 2 aliphatic carbocycles. The molecule has 0 saturated heterocycles. The van der Waals surface area contributed by atoms with Gasteiger partial charge in [0.25, 0.3) is 5.91 Å². The molecule has 5 heteroatoms. The van der Waals surface area contributed by atoms with Gasteiger partial charge in [-0.2, -0.15) is 0 Å². The van der Waals surface area contributed by atoms with Crippen molar-refractivity contribution in [3.05, 3.63) is 23.2 Å². The Hall–Kier alpha value is -1.16. The van der Waals surface area contributed by atoms with Gasteiger partial charge < -0.3 is 5.32 Å². The summed E-state index contributed by atoms with van der Waals surface area (Å²) in [6, 6.07) is 0.347. The summed E-state index contributed by atoms with van der Waals surface area (Å²) < 4.78 is 0. The first-order valence-corrected chi connectivity index (χ1v) is 6.40. The second-order valence-corrected chi connectivity index (χ2v) is 5.29. The molecule has 4 nitrogen and oxygen atoms in total. The zero-order valence-electron chi connectivity index (χ0n) is 9.40. The van der Waals surface area contributed by atoms with Crippen LogP contribution in [0.4, 0.5) is 0 Å². The minimum atomic E-state index is -0.127. The molecule has 1 heterocycles. The van der Waals surface area contributed by atoms with Gasteiger partial charge in [-0.1, -0.05) is 11.6 Å². The van der Waals surface area contributed by atoms with Gasteiger partial charge in [0, 0.05) is 6.04 Å². The van der Waals surface area contributed by atoms with Crippen LogP contribution in [0.3, 0.4) is 0 Å². The second kappa shape index (κ2) is 4.26. The Balaban J connectivity index is 1.67. The monoisotopic (exact) mass is 251 g/mol. The van der Waals surface area contributed by atoms with Crippen molar-refractivity contribution in [1.82, 2.24) is 15.3 Å². The number of nitrogens with zero attached hydrogens (tertiary/aromatic N) is 2. The fraction of sp³-hybridized carbons (Fsp3) is 0.583. The van der Waals surface area contributed by atoms with Crippen LogP contribution in [-0.2, 0) is 0 Å². The Kier molecular flexibility index (Phi) is 2.74. The van der Waals surface area contributed by atoms with Crippen molar-refractivity contribution in [2.75, 3.05) is 0 Å². The fourth-order valence-corrected chi connectivity index (χ4v) is 2.28. The third-order valence-electron chi connectivity index (χ3n) is 3.41. The highest BCUT2D eigenvalue weighted by Gasteiger charge is 2.42. The molecule has 90 valence electrons. The van der Waals surface area contributed by atoms with E-state index in [-0.39, 0.29) is 5.91 Å². The van der Waals surface area contributed by atoms with Crippen LogP contribution in [0.2, 0.25) is 5.15 Å². The average molecular weight is 252 g/mol. The minimum absolute atomic E-state index is 0.127. The molecular formula is C12H14ClN3O. The highest BCUT2D eigenvalue weighted by molar-refractivity contribution is 6.29. The smallest absolute Gasteiger partial charge is 0.271 e. The first kappa shape index (κ1) is 11.0. The van der Waals surface area contributed by atoms with Gasteiger partial charge >= 0.3 is 0 Å². The van der Waals surface area contributed by atoms with Gasteiger partial charge in [0.1, 0.15) is 10.8 Å². The Labute approximate surface area is 105 Å². The van der Waals surface area contributed by atoms with Gasteiger partial charge in [0.05, 0.1) is 12.4 Å². The third kappa shape index (κ3) is 2.57. The number of nitrogens with one attached hydrogen (secondary N) is 1. The van der Waals surface area contributed by atoms with Crippen molar-refractivity contribution in [3.63, 3.8) is 0 Å². The van der Waals surface area contributed by atoms with Gasteiger partial charge in [-0.3, -0.25) is 4.79 Å². The van der Waals surface area contributed by atoms with Gasteiger partial charge in [0.2, 0.25) is 0 Å². The lowest BCUT2D eigenvalue weighted by Crippen LogP contribution is -2.38. The SMILES string of the molecule is O=C(NC(C1CC1)C1CC1)c1cnc(Cl)cn1. The molecule has 0 radical (unpaired) electrons. The van der Waals surface area contributed by atoms with Crippen LogP contribution in [-0.4, -0.2) is 21.9 Å². The number of hydrogen-bond donors (Lipinski definition) is 1. The summed E-state index contributed by atoms with van der Waals surface area (Å²) >= 11 is 5.64. The summed E-state index contributed by atoms with van der Waals surface area (Å²) in [5, 5.41) is 3.40. The molecule has 2 fully saturated rings. The number of aromatic nitrogens is 2. The Morgan fingerprint density at radius 2 is 1.88 bits per heavy atom. The lowest BCUT2D eigenvalue weighted by molar-refractivity contribution is 0.0921. The zero-order valence-corrected chi connectivity index (χ0v) is 10.2. The summed E-state index contributed by atoms with van der Waals surface area (Å²) in [5.74, 6) is 1.25. The molecule has 0 aromatic carbocycles. The average Bonchev–Trinajstić information content (AvgIpc) is 3.17. The number of amides is 1. The van der Waals surface area contributed by atoms with E-state index in [9.17, 15) is 4.79 Å². The topological polar surface area (TPSA) is 54.9 Å². The molecule has 1 N–H and O–H groups in total. The van der Waals surface area contributed by atoms with E-state index in [1.165, 1.54) is 38.1 Å². The second-order valence-electron chi connectivity index (χ2n) is 4.90. The van der Waals surface area contributed by atoms with Crippen LogP contribution in [0.25, 0.3) is 0 Å². The molecule has 0 unspecified atom stereocenters. The van der Waals surface area contributed by atoms with Crippen LogP contribution in [0.15, 0.2) is 12.4 Å². The summed E-state index contributed by atoms with van der Waals surface area (Å²) in [4.78, 5) is 19.8. The van der Waals surface area contributed by atoms with Gasteiger partial charge in [-0.15, -0.1) is 0 Å². The van der Waals surface area contributed by atoms with E-state index in [2.05, 4.69) is 15.3 Å². The highest BCUT2D eigenvalue weighted by atomic mass is 35.5. The van der Waals surface area contributed by atoms with Gasteiger partial charge in [0.15, 0.2) is 0 Å². The summed E-state index contributed by atoms with van der Waals surface area (Å²) in [6.45, 7) is 0. The maximum Gasteiger partial charge on any atom is 0.271 e. The largest absolute Gasteiger partial charge is 0.347 e. The number of hydrogen-bond acceptors (Lipinski definition) is 3. The van der Waals surface area contributed by atoms with Crippen LogP contribution < -0.4 is 5.32 Å². The predicted octanol–water partition coefficient (Wildman–Crippen LogP) is 2.05. The molecule has 2 saturated carbocycles. The normalized spacial score (nSPS) is 19.4. The molecule has 0 atom stereocenters. The molecular weight excluding hydrogens is 238 g/mol. The lowest BCUT2D eigenvalue weighted by atomic mass is 10.1. The van der Waals surface area contributed by atoms with E-state index in [1.54, 1.807) is 0 Å². The van der Waals surface area contributed by atoms with Crippen molar-refractivity contribution in [2.45, 2.75) is 31.7 Å². The van der Waals surface area contributed by atoms with Crippen LogP contribution in [0.1, 0.15) is 36.2 Å². The predicted molar refractivity (Wildman–Crippen MR) is 63.7 cm³/mol. The first-order valence-electron chi connectivity index (χ1n) is 6.02. The lowest BCUT2D eigenvalue weighted by Gasteiger charge is -2.17. The number of rotatable bonds is 4. The summed E-state index contributed by atoms with van der Waals surface area (Å²) in [7, 11) is 0. The van der Waals surface area contributed by atoms with E-state index < -0.39 is 0 Å². The van der Waals surface area contributed by atoms with Crippen LogP contribution >= 0.6 is 11.6 Å². The maximum atomic E-state index is 12.0. The number of carbonyl (C=O) groups excluding carboxylic acids is 1. The van der Waals surface area contributed by atoms with Crippen molar-refractivity contribution in [1.29, 1.82) is 0 Å². The molecule has 0 bridgehead atoms. The third-order valence-corrected chi connectivity index (χ3v) is 3.61. The highest BCUT2D eigenvalue weighted by Crippen LogP contribution is 2.44. The van der Waals surface area contributed by atoms with E-state index in [4.69, 9.17) is 11.6 Å². The molecule has 1 aromatic heterocycles. The Morgan fingerprint density at radius 3 is 2.35 bits per heavy atom. The van der Waals surface area contributed by atoms with Crippen molar-refractivity contribution in [2.24, 2.45) is 11.8 Å². The maximum absolute atomic E-state index is 12.0. The molecule has 2 aliphatic rings. The van der Waals surface area contributed by atoms with Gasteiger partial charge in [-0.25, -0.2) is 9.97 Å². The van der Waals surface area contributed by atoms with E-state index in [0.29, 0.717) is 28.7 Å². The van der Waals surface area contributed by atoms with E-state index in [0.717, 1.165) is 0 Å². The standard InChI is InChI=1S/C12H14ClN3O/c13-10-6-14-9(5-15-10)12(17)16-11(7-1-2-7)8-3-4-8/h5-8,11H,1-4H2,(H,16,17). The molecule has 17 heavy (non-hydrogen) atoms. The molecule has 1 aromatic rings. The first-order chi connectivity index (χ1) is 8.24.